The molecule has 0 bridgehead atoms. The van der Waals surface area contributed by atoms with Crippen molar-refractivity contribution in [2.45, 2.75) is 45.6 Å². The van der Waals surface area contributed by atoms with Crippen molar-refractivity contribution in [1.82, 2.24) is 10.3 Å². The minimum absolute atomic E-state index is 0.0533. The van der Waals surface area contributed by atoms with Crippen LogP contribution in [0.1, 0.15) is 43.9 Å². The Balaban J connectivity index is 1.56. The summed E-state index contributed by atoms with van der Waals surface area (Å²) in [5.41, 5.74) is 3.76. The van der Waals surface area contributed by atoms with Crippen molar-refractivity contribution in [3.63, 3.8) is 0 Å². The molecule has 27 heavy (non-hydrogen) atoms. The molecule has 0 saturated carbocycles. The highest BCUT2D eigenvalue weighted by atomic mass is 16.1. The fourth-order valence-corrected chi connectivity index (χ4v) is 3.04. The number of pyridine rings is 1. The molecule has 1 aromatic heterocycles. The standard InChI is InChI=1S/C23H26N2O2/c1-23(2,3)19-11-8-16(9-12-19)10-13-21(26)24-15-18-14-17-6-4-5-7-20(17)25-22(18)27/h4-9,11-12,14H,10,13,15H2,1-3H3,(H,24,26)(H,25,27). The lowest BCUT2D eigenvalue weighted by Crippen LogP contribution is -2.26. The Kier molecular flexibility index (Phi) is 5.45. The molecule has 0 spiro atoms. The van der Waals surface area contributed by atoms with E-state index in [2.05, 4.69) is 55.3 Å². The number of nitrogens with one attached hydrogen (secondary N) is 2. The van der Waals surface area contributed by atoms with Crippen LogP contribution in [-0.2, 0) is 23.2 Å². The van der Waals surface area contributed by atoms with Gasteiger partial charge in [-0.1, -0.05) is 63.2 Å². The van der Waals surface area contributed by atoms with Gasteiger partial charge in [0.15, 0.2) is 0 Å². The van der Waals surface area contributed by atoms with E-state index in [1.54, 1.807) is 0 Å². The first-order chi connectivity index (χ1) is 12.8. The topological polar surface area (TPSA) is 62.0 Å². The van der Waals surface area contributed by atoms with Crippen LogP contribution in [0.5, 0.6) is 0 Å². The fraction of sp³-hybridized carbons (Fsp3) is 0.304. The largest absolute Gasteiger partial charge is 0.352 e. The third-order valence-corrected chi connectivity index (χ3v) is 4.77. The quantitative estimate of drug-likeness (QED) is 0.718. The SMILES string of the molecule is CC(C)(C)c1ccc(CCC(=O)NCc2cc3ccccc3[nH]c2=O)cc1. The van der Waals surface area contributed by atoms with E-state index in [1.165, 1.54) is 5.56 Å². The highest BCUT2D eigenvalue weighted by molar-refractivity contribution is 5.79. The van der Waals surface area contributed by atoms with Crippen molar-refractivity contribution in [2.24, 2.45) is 0 Å². The summed E-state index contributed by atoms with van der Waals surface area (Å²) in [5.74, 6) is -0.0533. The van der Waals surface area contributed by atoms with E-state index < -0.39 is 0 Å². The van der Waals surface area contributed by atoms with Gasteiger partial charge in [0, 0.05) is 24.0 Å². The third kappa shape index (κ3) is 4.85. The van der Waals surface area contributed by atoms with Crippen LogP contribution in [0, 0.1) is 0 Å². The van der Waals surface area contributed by atoms with Crippen molar-refractivity contribution in [3.05, 3.63) is 81.6 Å². The number of para-hydroxylation sites is 1. The van der Waals surface area contributed by atoms with E-state index in [0.717, 1.165) is 16.5 Å². The van der Waals surface area contributed by atoms with Crippen molar-refractivity contribution in [2.75, 3.05) is 0 Å². The van der Waals surface area contributed by atoms with Gasteiger partial charge in [-0.2, -0.15) is 0 Å². The van der Waals surface area contributed by atoms with Crippen molar-refractivity contribution >= 4 is 16.8 Å². The Morgan fingerprint density at radius 2 is 1.74 bits per heavy atom. The first kappa shape index (κ1) is 18.9. The van der Waals surface area contributed by atoms with E-state index >= 15 is 0 Å². The Labute approximate surface area is 159 Å². The number of H-pyrrole nitrogens is 1. The number of carbonyl (C=O) groups is 1. The monoisotopic (exact) mass is 362 g/mol. The average molecular weight is 362 g/mol. The molecule has 4 nitrogen and oxygen atoms in total. The highest BCUT2D eigenvalue weighted by Gasteiger charge is 2.13. The molecule has 2 aromatic carbocycles. The molecular formula is C23H26N2O2. The molecule has 4 heteroatoms. The summed E-state index contributed by atoms with van der Waals surface area (Å²) in [6.07, 6.45) is 1.09. The average Bonchev–Trinajstić information content (AvgIpc) is 2.64. The Morgan fingerprint density at radius 3 is 2.44 bits per heavy atom. The van der Waals surface area contributed by atoms with Crippen molar-refractivity contribution < 1.29 is 4.79 Å². The van der Waals surface area contributed by atoms with E-state index in [-0.39, 0.29) is 23.4 Å². The summed E-state index contributed by atoms with van der Waals surface area (Å²) < 4.78 is 0. The van der Waals surface area contributed by atoms with E-state index in [1.807, 2.05) is 30.3 Å². The molecule has 0 atom stereocenters. The number of aryl methyl sites for hydroxylation is 1. The van der Waals surface area contributed by atoms with Gasteiger partial charge in [-0.3, -0.25) is 9.59 Å². The summed E-state index contributed by atoms with van der Waals surface area (Å²) in [4.78, 5) is 27.1. The molecule has 0 radical (unpaired) electrons. The molecule has 1 amide bonds. The molecule has 0 unspecified atom stereocenters. The van der Waals surface area contributed by atoms with Crippen LogP contribution in [0.2, 0.25) is 0 Å². The van der Waals surface area contributed by atoms with Crippen molar-refractivity contribution in [3.8, 4) is 0 Å². The first-order valence-corrected chi connectivity index (χ1v) is 9.30. The first-order valence-electron chi connectivity index (χ1n) is 9.30. The minimum Gasteiger partial charge on any atom is -0.352 e. The second kappa shape index (κ2) is 7.78. The van der Waals surface area contributed by atoms with Gasteiger partial charge in [-0.25, -0.2) is 0 Å². The number of hydrogen-bond acceptors (Lipinski definition) is 2. The smallest absolute Gasteiger partial charge is 0.253 e. The summed E-state index contributed by atoms with van der Waals surface area (Å²) >= 11 is 0. The molecular weight excluding hydrogens is 336 g/mol. The molecule has 0 fully saturated rings. The zero-order valence-electron chi connectivity index (χ0n) is 16.1. The maximum atomic E-state index is 12.2. The Bertz CT molecular complexity index is 995. The summed E-state index contributed by atoms with van der Waals surface area (Å²) in [7, 11) is 0. The van der Waals surface area contributed by atoms with Crippen molar-refractivity contribution in [1.29, 1.82) is 0 Å². The molecule has 0 aliphatic rings. The summed E-state index contributed by atoms with van der Waals surface area (Å²) in [6.45, 7) is 6.79. The van der Waals surface area contributed by atoms with Gasteiger partial charge in [-0.15, -0.1) is 0 Å². The predicted octanol–water partition coefficient (Wildman–Crippen LogP) is 4.07. The van der Waals surface area contributed by atoms with E-state index in [9.17, 15) is 9.59 Å². The minimum atomic E-state index is -0.160. The zero-order chi connectivity index (χ0) is 19.4. The molecule has 140 valence electrons. The lowest BCUT2D eigenvalue weighted by molar-refractivity contribution is -0.121. The van der Waals surface area contributed by atoms with Crippen LogP contribution in [0.25, 0.3) is 10.9 Å². The number of benzene rings is 2. The van der Waals surface area contributed by atoms with Gasteiger partial charge in [0.05, 0.1) is 0 Å². The number of rotatable bonds is 5. The number of fused-ring (bicyclic) bond motifs is 1. The van der Waals surface area contributed by atoms with Crippen LogP contribution >= 0.6 is 0 Å². The summed E-state index contributed by atoms with van der Waals surface area (Å²) in [5, 5.41) is 3.81. The molecule has 3 aromatic rings. The van der Waals surface area contributed by atoms with E-state index in [0.29, 0.717) is 18.4 Å². The Hall–Kier alpha value is -2.88. The lowest BCUT2D eigenvalue weighted by atomic mass is 9.86. The fourth-order valence-electron chi connectivity index (χ4n) is 3.04. The van der Waals surface area contributed by atoms with Gasteiger partial charge in [0.2, 0.25) is 5.91 Å². The molecule has 0 saturated heterocycles. The lowest BCUT2D eigenvalue weighted by Gasteiger charge is -2.19. The predicted molar refractivity (Wildman–Crippen MR) is 110 cm³/mol. The van der Waals surface area contributed by atoms with Gasteiger partial charge >= 0.3 is 0 Å². The maximum Gasteiger partial charge on any atom is 0.253 e. The zero-order valence-corrected chi connectivity index (χ0v) is 16.1. The van der Waals surface area contributed by atoms with Gasteiger partial charge < -0.3 is 10.3 Å². The highest BCUT2D eigenvalue weighted by Crippen LogP contribution is 2.22. The molecule has 0 aliphatic carbocycles. The molecule has 1 heterocycles. The van der Waals surface area contributed by atoms with Crippen LogP contribution in [0.15, 0.2) is 59.4 Å². The van der Waals surface area contributed by atoms with Gasteiger partial charge in [-0.05, 0) is 40.5 Å². The second-order valence-electron chi connectivity index (χ2n) is 7.93. The summed E-state index contributed by atoms with van der Waals surface area (Å²) in [6, 6.07) is 17.9. The van der Waals surface area contributed by atoms with Gasteiger partial charge in [0.25, 0.3) is 5.56 Å². The van der Waals surface area contributed by atoms with E-state index in [4.69, 9.17) is 0 Å². The van der Waals surface area contributed by atoms with Crippen LogP contribution in [0.4, 0.5) is 0 Å². The van der Waals surface area contributed by atoms with Crippen LogP contribution < -0.4 is 10.9 Å². The normalized spacial score (nSPS) is 11.5. The number of carbonyl (C=O) groups excluding carboxylic acids is 1. The van der Waals surface area contributed by atoms with Crippen LogP contribution in [-0.4, -0.2) is 10.9 Å². The number of hydrogen-bond donors (Lipinski definition) is 2. The maximum absolute atomic E-state index is 12.2. The number of amides is 1. The second-order valence-corrected chi connectivity index (χ2v) is 7.93. The van der Waals surface area contributed by atoms with Crippen LogP contribution in [0.3, 0.4) is 0 Å². The molecule has 0 aliphatic heterocycles. The Morgan fingerprint density at radius 1 is 1.04 bits per heavy atom. The molecule has 2 N–H and O–H groups in total. The number of aromatic nitrogens is 1. The molecule has 3 rings (SSSR count). The van der Waals surface area contributed by atoms with Gasteiger partial charge in [0.1, 0.15) is 0 Å². The third-order valence-electron chi connectivity index (χ3n) is 4.77. The number of aromatic amines is 1.